The molecule has 0 saturated heterocycles. The van der Waals surface area contributed by atoms with Crippen molar-refractivity contribution in [3.63, 3.8) is 0 Å². The lowest BCUT2D eigenvalue weighted by molar-refractivity contribution is 0.157. The first-order chi connectivity index (χ1) is 13.6. The van der Waals surface area contributed by atoms with E-state index >= 15 is 0 Å². The summed E-state index contributed by atoms with van der Waals surface area (Å²) in [7, 11) is 1.59. The van der Waals surface area contributed by atoms with Gasteiger partial charge in [0.1, 0.15) is 17.3 Å². The van der Waals surface area contributed by atoms with E-state index in [-0.39, 0.29) is 6.10 Å². The molecule has 146 valence electrons. The maximum atomic E-state index is 12.1. The first kappa shape index (κ1) is 18.6. The second-order valence-electron chi connectivity index (χ2n) is 6.92. The minimum atomic E-state index is -0.441. The summed E-state index contributed by atoms with van der Waals surface area (Å²) in [5, 5.41) is 4.42. The Morgan fingerprint density at radius 1 is 1.18 bits per heavy atom. The van der Waals surface area contributed by atoms with Crippen LogP contribution in [0.3, 0.4) is 0 Å². The lowest BCUT2D eigenvalue weighted by Crippen LogP contribution is -2.20. The van der Waals surface area contributed by atoms with Gasteiger partial charge in [0.05, 0.1) is 34.8 Å². The molecule has 1 saturated carbocycles. The van der Waals surface area contributed by atoms with Crippen molar-refractivity contribution in [2.75, 3.05) is 12.4 Å². The van der Waals surface area contributed by atoms with Gasteiger partial charge in [-0.1, -0.05) is 24.1 Å². The Kier molecular flexibility index (Phi) is 5.39. The van der Waals surface area contributed by atoms with Crippen molar-refractivity contribution in [3.05, 3.63) is 51.9 Å². The molecule has 0 bridgehead atoms. The number of fused-ring (bicyclic) bond motifs is 1. The molecule has 6 nitrogen and oxygen atoms in total. The molecule has 4 rings (SSSR count). The van der Waals surface area contributed by atoms with Gasteiger partial charge in [-0.25, -0.2) is 4.79 Å². The zero-order chi connectivity index (χ0) is 19.5. The largest absolute Gasteiger partial charge is 0.497 e. The fourth-order valence-corrected chi connectivity index (χ4v) is 3.75. The fraction of sp³-hybridized carbons (Fsp3) is 0.333. The van der Waals surface area contributed by atoms with Crippen LogP contribution in [0.2, 0.25) is 5.02 Å². The zero-order valence-corrected chi connectivity index (χ0v) is 16.4. The van der Waals surface area contributed by atoms with E-state index in [0.717, 1.165) is 18.2 Å². The molecule has 1 heterocycles. The Bertz CT molecular complexity index is 1040. The topological polar surface area (TPSA) is 76.2 Å². The molecule has 1 aromatic heterocycles. The van der Waals surface area contributed by atoms with E-state index in [1.165, 1.54) is 19.3 Å². The normalized spacial score (nSPS) is 14.8. The number of methoxy groups -OCH3 is 1. The molecule has 2 N–H and O–H groups in total. The molecule has 3 aromatic rings. The van der Waals surface area contributed by atoms with Crippen LogP contribution in [0.1, 0.15) is 32.1 Å². The Balaban J connectivity index is 1.77. The number of H-pyrrole nitrogens is 1. The standard InChI is InChI=1S/C21H22ClN3O3/c1-27-14-10-11-15(22)17(12-14)23-20-19-16(24-21(26)25-20)8-5-9-18(19)28-13-6-3-2-4-7-13/h5,8-13H,2-4,6-7H2,1H3,(H2,23,24,25,26). The van der Waals surface area contributed by atoms with Crippen molar-refractivity contribution in [2.24, 2.45) is 0 Å². The number of halogens is 1. The number of nitrogens with zero attached hydrogens (tertiary/aromatic N) is 1. The molecule has 1 aliphatic rings. The summed E-state index contributed by atoms with van der Waals surface area (Å²) < 4.78 is 11.6. The van der Waals surface area contributed by atoms with Crippen molar-refractivity contribution in [3.8, 4) is 11.5 Å². The van der Waals surface area contributed by atoms with Crippen LogP contribution in [0.15, 0.2) is 41.2 Å². The summed E-state index contributed by atoms with van der Waals surface area (Å²) in [5.74, 6) is 1.76. The van der Waals surface area contributed by atoms with Crippen LogP contribution >= 0.6 is 11.6 Å². The molecule has 0 radical (unpaired) electrons. The maximum Gasteiger partial charge on any atom is 0.347 e. The van der Waals surface area contributed by atoms with E-state index in [1.54, 1.807) is 25.3 Å². The average Bonchev–Trinajstić information content (AvgIpc) is 2.70. The molecule has 0 aliphatic heterocycles. The van der Waals surface area contributed by atoms with Crippen molar-refractivity contribution in [1.29, 1.82) is 0 Å². The molecule has 0 unspecified atom stereocenters. The monoisotopic (exact) mass is 399 g/mol. The SMILES string of the molecule is COc1ccc(Cl)c(Nc2nc(=O)[nH]c3cccc(OC4CCCCC4)c23)c1. The fourth-order valence-electron chi connectivity index (χ4n) is 3.59. The Morgan fingerprint density at radius 3 is 2.79 bits per heavy atom. The van der Waals surface area contributed by atoms with Gasteiger partial charge < -0.3 is 19.8 Å². The molecular formula is C21H22ClN3O3. The average molecular weight is 400 g/mol. The third-order valence-corrected chi connectivity index (χ3v) is 5.32. The van der Waals surface area contributed by atoms with Gasteiger partial charge in [0.2, 0.25) is 0 Å². The predicted octanol–water partition coefficient (Wildman–Crippen LogP) is 5.04. The van der Waals surface area contributed by atoms with Crippen LogP contribution < -0.4 is 20.5 Å². The van der Waals surface area contributed by atoms with Crippen LogP contribution in [0.25, 0.3) is 10.9 Å². The Labute approximate surface area is 167 Å². The van der Waals surface area contributed by atoms with Gasteiger partial charge >= 0.3 is 5.69 Å². The molecule has 0 atom stereocenters. The number of nitrogens with one attached hydrogen (secondary N) is 2. The Hall–Kier alpha value is -2.73. The highest BCUT2D eigenvalue weighted by atomic mass is 35.5. The molecule has 28 heavy (non-hydrogen) atoms. The summed E-state index contributed by atoms with van der Waals surface area (Å²) >= 11 is 6.33. The molecule has 1 fully saturated rings. The highest BCUT2D eigenvalue weighted by Gasteiger charge is 2.18. The van der Waals surface area contributed by atoms with Crippen LogP contribution in [0.5, 0.6) is 11.5 Å². The van der Waals surface area contributed by atoms with Crippen LogP contribution in [-0.2, 0) is 0 Å². The van der Waals surface area contributed by atoms with Crippen molar-refractivity contribution in [2.45, 2.75) is 38.2 Å². The van der Waals surface area contributed by atoms with Crippen LogP contribution in [0, 0.1) is 0 Å². The van der Waals surface area contributed by atoms with Crippen molar-refractivity contribution < 1.29 is 9.47 Å². The van der Waals surface area contributed by atoms with E-state index in [9.17, 15) is 4.79 Å². The molecule has 2 aromatic carbocycles. The smallest absolute Gasteiger partial charge is 0.347 e. The van der Waals surface area contributed by atoms with E-state index in [2.05, 4.69) is 15.3 Å². The number of hydrogen-bond acceptors (Lipinski definition) is 5. The third kappa shape index (κ3) is 3.92. The van der Waals surface area contributed by atoms with E-state index in [4.69, 9.17) is 21.1 Å². The van der Waals surface area contributed by atoms with Crippen LogP contribution in [0.4, 0.5) is 11.5 Å². The number of aromatic amines is 1. The lowest BCUT2D eigenvalue weighted by Gasteiger charge is -2.24. The maximum absolute atomic E-state index is 12.1. The van der Waals surface area contributed by atoms with E-state index in [1.807, 2.05) is 18.2 Å². The Morgan fingerprint density at radius 2 is 2.00 bits per heavy atom. The lowest BCUT2D eigenvalue weighted by atomic mass is 9.98. The van der Waals surface area contributed by atoms with Crippen molar-refractivity contribution >= 4 is 34.0 Å². The molecule has 0 spiro atoms. The number of benzene rings is 2. The van der Waals surface area contributed by atoms with Gasteiger partial charge in [-0.05, 0) is 49.9 Å². The van der Waals surface area contributed by atoms with Gasteiger partial charge in [0.25, 0.3) is 0 Å². The van der Waals surface area contributed by atoms with Crippen LogP contribution in [-0.4, -0.2) is 23.2 Å². The number of rotatable bonds is 5. The summed E-state index contributed by atoms with van der Waals surface area (Å²) in [4.78, 5) is 19.0. The van der Waals surface area contributed by atoms with Gasteiger partial charge in [-0.3, -0.25) is 0 Å². The highest BCUT2D eigenvalue weighted by Crippen LogP contribution is 2.35. The minimum absolute atomic E-state index is 0.180. The highest BCUT2D eigenvalue weighted by molar-refractivity contribution is 6.33. The molecule has 1 aliphatic carbocycles. The number of anilines is 2. The van der Waals surface area contributed by atoms with Gasteiger partial charge in [0, 0.05) is 6.07 Å². The quantitative estimate of drug-likeness (QED) is 0.628. The van der Waals surface area contributed by atoms with Gasteiger partial charge in [-0.15, -0.1) is 0 Å². The third-order valence-electron chi connectivity index (χ3n) is 4.99. The minimum Gasteiger partial charge on any atom is -0.497 e. The summed E-state index contributed by atoms with van der Waals surface area (Å²) in [5.41, 5.74) is 0.826. The second kappa shape index (κ2) is 8.10. The molecule has 0 amide bonds. The molecule has 7 heteroatoms. The first-order valence-corrected chi connectivity index (χ1v) is 9.82. The summed E-state index contributed by atoms with van der Waals surface area (Å²) in [6.45, 7) is 0. The van der Waals surface area contributed by atoms with Gasteiger partial charge in [0.15, 0.2) is 0 Å². The molecular weight excluding hydrogens is 378 g/mol. The van der Waals surface area contributed by atoms with E-state index < -0.39 is 5.69 Å². The van der Waals surface area contributed by atoms with E-state index in [0.29, 0.717) is 33.5 Å². The predicted molar refractivity (Wildman–Crippen MR) is 111 cm³/mol. The number of ether oxygens (including phenoxy) is 2. The number of aromatic nitrogens is 2. The summed E-state index contributed by atoms with van der Waals surface area (Å²) in [6, 6.07) is 10.9. The second-order valence-corrected chi connectivity index (χ2v) is 7.33. The number of hydrogen-bond donors (Lipinski definition) is 2. The van der Waals surface area contributed by atoms with Crippen molar-refractivity contribution in [1.82, 2.24) is 9.97 Å². The first-order valence-electron chi connectivity index (χ1n) is 9.44. The zero-order valence-electron chi connectivity index (χ0n) is 15.6. The van der Waals surface area contributed by atoms with Gasteiger partial charge in [-0.2, -0.15) is 4.98 Å². The summed E-state index contributed by atoms with van der Waals surface area (Å²) in [6.07, 6.45) is 5.87.